The van der Waals surface area contributed by atoms with Crippen LogP contribution in [0.3, 0.4) is 0 Å². The van der Waals surface area contributed by atoms with Gasteiger partial charge in [0.15, 0.2) is 0 Å². The summed E-state index contributed by atoms with van der Waals surface area (Å²) >= 11 is 3.01. The van der Waals surface area contributed by atoms with Crippen LogP contribution in [-0.2, 0) is 27.8 Å². The van der Waals surface area contributed by atoms with Crippen LogP contribution in [0.25, 0.3) is 0 Å². The first-order chi connectivity index (χ1) is 5.36. The molecule has 1 aromatic heterocycles. The molecule has 5 heteroatoms. The van der Waals surface area contributed by atoms with E-state index < -0.39 is 0 Å². The fourth-order valence-corrected chi connectivity index (χ4v) is 3.15. The molecule has 0 radical (unpaired) electrons. The van der Waals surface area contributed by atoms with Crippen molar-refractivity contribution in [3.05, 3.63) is 17.0 Å². The van der Waals surface area contributed by atoms with Crippen LogP contribution in [0.4, 0.5) is 0 Å². The van der Waals surface area contributed by atoms with E-state index in [2.05, 4.69) is 12.1 Å². The van der Waals surface area contributed by atoms with Gasteiger partial charge in [-0.1, -0.05) is 0 Å². The molecular formula is C7H8BrO2SZn. The van der Waals surface area contributed by atoms with Gasteiger partial charge >= 0.3 is 79.1 Å². The molecule has 2 nitrogen and oxygen atoms in total. The number of hydrogen-bond donors (Lipinski definition) is 0. The third-order valence-electron chi connectivity index (χ3n) is 1.54. The van der Waals surface area contributed by atoms with Gasteiger partial charge in [-0.25, -0.2) is 0 Å². The Morgan fingerprint density at radius 1 is 1.33 bits per heavy atom. The van der Waals surface area contributed by atoms with Gasteiger partial charge in [0.05, 0.1) is 0 Å². The number of hydrogen-bond acceptors (Lipinski definition) is 3. The molecule has 0 amide bonds. The zero-order valence-electron chi connectivity index (χ0n) is 6.49. The van der Waals surface area contributed by atoms with Crippen molar-refractivity contribution in [3.8, 4) is 0 Å². The number of thiophene rings is 1. The summed E-state index contributed by atoms with van der Waals surface area (Å²) in [6.07, 6.45) is -0.0692. The molecule has 0 atom stereocenters. The van der Waals surface area contributed by atoms with E-state index in [1.54, 1.807) is 11.3 Å². The summed E-state index contributed by atoms with van der Waals surface area (Å²) < 4.78 is 12.1. The fourth-order valence-electron chi connectivity index (χ4n) is 1.04. The summed E-state index contributed by atoms with van der Waals surface area (Å²) in [5.41, 5.74) is 0. The molecule has 1 saturated heterocycles. The van der Waals surface area contributed by atoms with Crippen molar-refractivity contribution in [2.24, 2.45) is 0 Å². The van der Waals surface area contributed by atoms with Crippen LogP contribution >= 0.6 is 28.3 Å². The van der Waals surface area contributed by atoms with Gasteiger partial charge in [0.25, 0.3) is 0 Å². The van der Waals surface area contributed by atoms with E-state index in [1.165, 1.54) is 26.7 Å². The molecule has 0 aliphatic carbocycles. The third-order valence-corrected chi connectivity index (χ3v) is 3.90. The zero-order chi connectivity index (χ0) is 7.68. The number of ether oxygens (including phenoxy) is 2. The Balaban J connectivity index is 0.000000720. The monoisotopic (exact) mass is 299 g/mol. The first-order valence-electron chi connectivity index (χ1n) is 3.51. The summed E-state index contributed by atoms with van der Waals surface area (Å²) in [5, 5.41) is 0. The Morgan fingerprint density at radius 3 is 2.50 bits per heavy atom. The van der Waals surface area contributed by atoms with Gasteiger partial charge in [0.1, 0.15) is 0 Å². The summed E-state index contributed by atoms with van der Waals surface area (Å²) in [6, 6.07) is 4.24. The average molecular weight is 302 g/mol. The van der Waals surface area contributed by atoms with E-state index in [1.807, 2.05) is 0 Å². The van der Waals surface area contributed by atoms with E-state index in [-0.39, 0.29) is 23.3 Å². The van der Waals surface area contributed by atoms with Crippen LogP contribution in [0.5, 0.6) is 0 Å². The molecule has 1 fully saturated rings. The molecule has 0 bridgehead atoms. The molecule has 63 valence electrons. The standard InChI is InChI=1S/C7H7O2S.BrH.Zn/c1-2-6(10-5-1)7-8-3-4-9-7;;/h1-2,7H,3-4H2;1H;. The van der Waals surface area contributed by atoms with Crippen molar-refractivity contribution in [2.75, 3.05) is 13.2 Å². The second-order valence-corrected chi connectivity index (χ2v) is 6.25. The van der Waals surface area contributed by atoms with E-state index >= 15 is 0 Å². The van der Waals surface area contributed by atoms with Gasteiger partial charge in [-0.2, -0.15) is 0 Å². The Labute approximate surface area is 95.7 Å². The summed E-state index contributed by atoms with van der Waals surface area (Å²) in [5.74, 6) is 0. The second-order valence-electron chi connectivity index (χ2n) is 2.38. The number of rotatable bonds is 1. The molecule has 0 saturated carbocycles. The van der Waals surface area contributed by atoms with E-state index in [0.717, 1.165) is 13.2 Å². The van der Waals surface area contributed by atoms with Crippen molar-refractivity contribution < 1.29 is 27.8 Å². The van der Waals surface area contributed by atoms with Gasteiger partial charge in [-0.3, -0.25) is 0 Å². The summed E-state index contributed by atoms with van der Waals surface area (Å²) in [7, 11) is 0. The minimum atomic E-state index is -0.0692. The maximum absolute atomic E-state index is 5.35. The zero-order valence-corrected chi connectivity index (χ0v) is 12.0. The van der Waals surface area contributed by atoms with Crippen molar-refractivity contribution >= 4 is 31.8 Å². The molecule has 1 aliphatic rings. The molecule has 1 aromatic rings. The summed E-state index contributed by atoms with van der Waals surface area (Å²) in [6.45, 7) is 1.47. The van der Waals surface area contributed by atoms with Gasteiger partial charge in [-0.05, 0) is 0 Å². The van der Waals surface area contributed by atoms with E-state index in [0.29, 0.717) is 0 Å². The molecule has 0 N–H and O–H groups in total. The van der Waals surface area contributed by atoms with Crippen molar-refractivity contribution in [1.82, 2.24) is 0 Å². The molecule has 2 rings (SSSR count). The van der Waals surface area contributed by atoms with Crippen molar-refractivity contribution in [3.63, 3.8) is 0 Å². The summed E-state index contributed by atoms with van der Waals surface area (Å²) in [4.78, 5) is 1.21. The van der Waals surface area contributed by atoms with Crippen molar-refractivity contribution in [2.45, 2.75) is 6.29 Å². The van der Waals surface area contributed by atoms with Crippen LogP contribution in [0, 0.1) is 0 Å². The Hall–Kier alpha value is 0.723. The molecule has 0 unspecified atom stereocenters. The SMILES string of the molecule is Br.[Zn][c]1ccc(C2OCCO2)s1. The van der Waals surface area contributed by atoms with Gasteiger partial charge in [0.2, 0.25) is 0 Å². The molecule has 0 aromatic carbocycles. The molecular weight excluding hydrogens is 293 g/mol. The van der Waals surface area contributed by atoms with Crippen molar-refractivity contribution in [1.29, 1.82) is 0 Å². The third kappa shape index (κ3) is 2.36. The molecule has 12 heavy (non-hydrogen) atoms. The van der Waals surface area contributed by atoms with Crippen LogP contribution < -0.4 is 3.47 Å². The van der Waals surface area contributed by atoms with Gasteiger partial charge < -0.3 is 0 Å². The average Bonchev–Trinajstić information content (AvgIpc) is 2.55. The van der Waals surface area contributed by atoms with Crippen LogP contribution in [-0.4, -0.2) is 13.2 Å². The van der Waals surface area contributed by atoms with E-state index in [9.17, 15) is 0 Å². The Bertz CT molecular complexity index is 247. The van der Waals surface area contributed by atoms with Gasteiger partial charge in [0, 0.05) is 0 Å². The molecule has 2 heterocycles. The minimum absolute atomic E-state index is 0. The maximum atomic E-state index is 5.35. The van der Waals surface area contributed by atoms with Crippen LogP contribution in [0.2, 0.25) is 0 Å². The first-order valence-corrected chi connectivity index (χ1v) is 5.81. The van der Waals surface area contributed by atoms with Crippen LogP contribution in [0.1, 0.15) is 11.2 Å². The van der Waals surface area contributed by atoms with Crippen LogP contribution in [0.15, 0.2) is 12.1 Å². The predicted octanol–water partition coefficient (Wildman–Crippen LogP) is 1.54. The van der Waals surface area contributed by atoms with Gasteiger partial charge in [-0.15, -0.1) is 17.0 Å². The Kier molecular flexibility index (Phi) is 4.34. The fraction of sp³-hybridized carbons (Fsp3) is 0.429. The molecule has 1 aliphatic heterocycles. The predicted molar refractivity (Wildman–Crippen MR) is 48.9 cm³/mol. The second kappa shape index (κ2) is 4.82. The quantitative estimate of drug-likeness (QED) is 0.733. The molecule has 0 spiro atoms. The number of halogens is 1. The topological polar surface area (TPSA) is 18.5 Å². The normalized spacial score (nSPS) is 17.8. The first kappa shape index (κ1) is 10.8. The Morgan fingerprint density at radius 2 is 2.00 bits per heavy atom. The van der Waals surface area contributed by atoms with E-state index in [4.69, 9.17) is 9.47 Å².